The molecule has 1 aromatic carbocycles. The third-order valence-electron chi connectivity index (χ3n) is 8.05. The van der Waals surface area contributed by atoms with Crippen molar-refractivity contribution in [2.45, 2.75) is 90.3 Å². The average Bonchev–Trinajstić information content (AvgIpc) is 3.03. The predicted octanol–water partition coefficient (Wildman–Crippen LogP) is 4.79. The lowest BCUT2D eigenvalue weighted by molar-refractivity contribution is -0.149. The van der Waals surface area contributed by atoms with Gasteiger partial charge in [0.25, 0.3) is 0 Å². The second kappa shape index (κ2) is 16.1. The summed E-state index contributed by atoms with van der Waals surface area (Å²) in [6, 6.07) is 5.39. The number of ether oxygens (including phenoxy) is 4. The Labute approximate surface area is 257 Å². The molecule has 0 bridgehead atoms. The van der Waals surface area contributed by atoms with Crippen LogP contribution in [0.25, 0.3) is 22.2 Å². The van der Waals surface area contributed by atoms with Gasteiger partial charge in [-0.3, -0.25) is 14.4 Å². The fraction of sp³-hybridized carbons (Fsp3) is 0.529. The van der Waals surface area contributed by atoms with Crippen molar-refractivity contribution in [1.82, 2.24) is 0 Å². The van der Waals surface area contributed by atoms with Crippen LogP contribution in [0.5, 0.6) is 5.75 Å². The highest BCUT2D eigenvalue weighted by Gasteiger charge is 2.33. The number of hydrogen-bond acceptors (Lipinski definition) is 9. The Hall–Kier alpha value is -3.14. The lowest BCUT2D eigenvalue weighted by Gasteiger charge is -2.28. The summed E-state index contributed by atoms with van der Waals surface area (Å²) >= 11 is 1.60. The number of carbonyl (C=O) groups excluding carboxylic acids is 3. The van der Waals surface area contributed by atoms with E-state index < -0.39 is 17.2 Å². The smallest absolute Gasteiger partial charge is 0.330 e. The first-order valence-electron chi connectivity index (χ1n) is 15.1. The lowest BCUT2D eigenvalue weighted by atomic mass is 9.93. The highest BCUT2D eigenvalue weighted by Crippen LogP contribution is 2.23. The summed E-state index contributed by atoms with van der Waals surface area (Å²) < 4.78 is 24.4. The van der Waals surface area contributed by atoms with Gasteiger partial charge < -0.3 is 18.9 Å². The zero-order chi connectivity index (χ0) is 31.5. The zero-order valence-electron chi connectivity index (χ0n) is 25.8. The molecule has 234 valence electrons. The molecule has 0 saturated heterocycles. The Balaban J connectivity index is 1.43. The largest absolute Gasteiger partial charge is 0.486 e. The molecule has 0 spiro atoms. The van der Waals surface area contributed by atoms with Gasteiger partial charge in [0.1, 0.15) is 30.2 Å². The van der Waals surface area contributed by atoms with E-state index in [0.717, 1.165) is 39.8 Å². The first kappa shape index (κ1) is 34.4. The summed E-state index contributed by atoms with van der Waals surface area (Å²) in [7, 11) is 0. The average molecular weight is 613 g/mol. The van der Waals surface area contributed by atoms with Crippen LogP contribution in [0.4, 0.5) is 0 Å². The van der Waals surface area contributed by atoms with Crippen molar-refractivity contribution in [1.29, 1.82) is 0 Å². The van der Waals surface area contributed by atoms with Gasteiger partial charge in [0.15, 0.2) is 11.2 Å². The molecule has 9 heteroatoms. The van der Waals surface area contributed by atoms with Gasteiger partial charge >= 0.3 is 5.97 Å². The summed E-state index contributed by atoms with van der Waals surface area (Å²) in [6.07, 6.45) is 10.5. The molecule has 0 aliphatic heterocycles. The summed E-state index contributed by atoms with van der Waals surface area (Å²) in [6.45, 7) is 11.1. The Kier molecular flexibility index (Phi) is 12.8. The second-order valence-corrected chi connectivity index (χ2v) is 12.1. The van der Waals surface area contributed by atoms with Gasteiger partial charge in [-0.25, -0.2) is 4.79 Å². The number of benzene rings is 1. The minimum absolute atomic E-state index is 0.00158. The standard InChI is InChI=1S/C34H44O8S/c1-6-31(37)39-20-21-42-33(4,7-2)29(35)16-10-9-13-19-41-34(5,8-3)30(36)23-40-24-17-18-28-26(22-24)32(38)25-14-11-12-15-27(25)43-28/h6,14-15,17-18,22H,1,7-13,16,19-21,23H2,2-5H3. The Bertz CT molecular complexity index is 1490. The molecule has 3 rings (SSSR count). The second-order valence-electron chi connectivity index (χ2n) is 11.0. The minimum atomic E-state index is -0.994. The Morgan fingerprint density at radius 3 is 2.35 bits per heavy atom. The molecule has 2 unspecified atom stereocenters. The van der Waals surface area contributed by atoms with Crippen LogP contribution in [0.15, 0.2) is 35.6 Å². The van der Waals surface area contributed by atoms with Crippen LogP contribution < -0.4 is 19.9 Å². The van der Waals surface area contributed by atoms with Gasteiger partial charge in [0.2, 0.25) is 5.78 Å². The molecular weight excluding hydrogens is 568 g/mol. The van der Waals surface area contributed by atoms with Crippen molar-refractivity contribution in [3.8, 4) is 5.75 Å². The van der Waals surface area contributed by atoms with Crippen molar-refractivity contribution in [2.75, 3.05) is 26.4 Å². The molecule has 1 aromatic heterocycles. The van der Waals surface area contributed by atoms with Crippen LogP contribution in [0, 0.1) is 0 Å². The molecule has 2 aromatic rings. The van der Waals surface area contributed by atoms with Gasteiger partial charge in [-0.05, 0) is 70.6 Å². The number of carbonyl (C=O) groups is 3. The zero-order valence-corrected chi connectivity index (χ0v) is 26.6. The van der Waals surface area contributed by atoms with Gasteiger partial charge in [-0.2, -0.15) is 0 Å². The molecule has 0 saturated carbocycles. The highest BCUT2D eigenvalue weighted by atomic mass is 32.1. The summed E-state index contributed by atoms with van der Waals surface area (Å²) in [5.41, 5.74) is -1.92. The van der Waals surface area contributed by atoms with Crippen molar-refractivity contribution >= 4 is 51.1 Å². The number of fused-ring (bicyclic) bond motifs is 2. The van der Waals surface area contributed by atoms with E-state index in [2.05, 4.69) is 12.7 Å². The Morgan fingerprint density at radius 1 is 0.930 bits per heavy atom. The number of rotatable bonds is 19. The maximum atomic E-state index is 13.1. The monoisotopic (exact) mass is 612 g/mol. The quantitative estimate of drug-likeness (QED) is 0.127. The minimum Gasteiger partial charge on any atom is -0.486 e. The molecule has 1 aliphatic rings. The summed E-state index contributed by atoms with van der Waals surface area (Å²) in [5, 5.41) is 1.36. The number of Topliss-reactive ketones (excluding diaryl/α,β-unsaturated/α-hetero) is 2. The van der Waals surface area contributed by atoms with Crippen LogP contribution in [-0.4, -0.2) is 55.2 Å². The van der Waals surface area contributed by atoms with Crippen LogP contribution in [0.1, 0.15) is 79.1 Å². The van der Waals surface area contributed by atoms with E-state index in [-0.39, 0.29) is 36.8 Å². The van der Waals surface area contributed by atoms with E-state index in [0.29, 0.717) is 49.8 Å². The van der Waals surface area contributed by atoms with Crippen molar-refractivity contribution < 1.29 is 33.3 Å². The van der Waals surface area contributed by atoms with Crippen LogP contribution >= 0.6 is 11.3 Å². The predicted molar refractivity (Wildman–Crippen MR) is 170 cm³/mol. The Morgan fingerprint density at radius 2 is 1.63 bits per heavy atom. The van der Waals surface area contributed by atoms with E-state index in [9.17, 15) is 19.2 Å². The number of unbranched alkanes of at least 4 members (excludes halogenated alkanes) is 2. The van der Waals surface area contributed by atoms with E-state index in [1.165, 1.54) is 0 Å². The van der Waals surface area contributed by atoms with Crippen LogP contribution in [0.2, 0.25) is 0 Å². The van der Waals surface area contributed by atoms with Crippen molar-refractivity contribution in [3.63, 3.8) is 0 Å². The molecule has 2 atom stereocenters. The van der Waals surface area contributed by atoms with E-state index in [1.54, 1.807) is 37.3 Å². The molecule has 0 fully saturated rings. The molecule has 0 N–H and O–H groups in total. The lowest BCUT2D eigenvalue weighted by Crippen LogP contribution is -2.41. The third kappa shape index (κ3) is 9.17. The summed E-state index contributed by atoms with van der Waals surface area (Å²) in [5.74, 6) is -0.206. The third-order valence-corrected chi connectivity index (χ3v) is 9.24. The maximum Gasteiger partial charge on any atom is 0.330 e. The number of esters is 1. The van der Waals surface area contributed by atoms with Crippen molar-refractivity contribution in [3.05, 3.63) is 50.8 Å². The fourth-order valence-corrected chi connectivity index (χ4v) is 5.86. The summed E-state index contributed by atoms with van der Waals surface area (Å²) in [4.78, 5) is 50.1. The molecule has 0 amide bonds. The molecule has 0 radical (unpaired) electrons. The SMILES string of the molecule is C=CC(=O)OCCOC(C)(CC)C(=O)CCCCCOC(C)(CC)C(=O)COc1ccc2sc3c(c(=O)c2c1)=CCCC=3. The van der Waals surface area contributed by atoms with E-state index in [1.807, 2.05) is 26.0 Å². The maximum absolute atomic E-state index is 13.1. The van der Waals surface area contributed by atoms with E-state index in [4.69, 9.17) is 18.9 Å². The molecule has 43 heavy (non-hydrogen) atoms. The van der Waals surface area contributed by atoms with Crippen LogP contribution in [0.3, 0.4) is 0 Å². The van der Waals surface area contributed by atoms with E-state index >= 15 is 0 Å². The van der Waals surface area contributed by atoms with Gasteiger partial charge in [-0.15, -0.1) is 11.3 Å². The van der Waals surface area contributed by atoms with Gasteiger partial charge in [0.05, 0.1) is 6.61 Å². The first-order chi connectivity index (χ1) is 20.6. The molecule has 1 aliphatic carbocycles. The highest BCUT2D eigenvalue weighted by molar-refractivity contribution is 7.16. The number of ketones is 2. The topological polar surface area (TPSA) is 105 Å². The van der Waals surface area contributed by atoms with Gasteiger partial charge in [0, 0.05) is 38.9 Å². The van der Waals surface area contributed by atoms with Crippen LogP contribution in [-0.2, 0) is 28.6 Å². The normalized spacial score (nSPS) is 15.3. The fourth-order valence-electron chi connectivity index (χ4n) is 4.74. The number of hydrogen-bond donors (Lipinski definition) is 0. The first-order valence-corrected chi connectivity index (χ1v) is 15.9. The molecule has 1 heterocycles. The molecular formula is C34H44O8S. The van der Waals surface area contributed by atoms with Crippen molar-refractivity contribution in [2.24, 2.45) is 0 Å². The molecule has 8 nitrogen and oxygen atoms in total. The van der Waals surface area contributed by atoms with Gasteiger partial charge in [-0.1, -0.05) is 39.0 Å².